The molecule has 0 aliphatic heterocycles. The summed E-state index contributed by atoms with van der Waals surface area (Å²) in [6.45, 7) is 1.78. The van der Waals surface area contributed by atoms with Crippen molar-refractivity contribution < 1.29 is 9.84 Å². The Balaban J connectivity index is 2.15. The predicted molar refractivity (Wildman–Crippen MR) is 64.2 cm³/mol. The first-order valence-corrected chi connectivity index (χ1v) is 5.40. The third-order valence-corrected chi connectivity index (χ3v) is 2.45. The molecule has 0 amide bonds. The number of hydrogen-bond donors (Lipinski definition) is 4. The van der Waals surface area contributed by atoms with Crippen LogP contribution in [0.4, 0.5) is 11.4 Å². The van der Waals surface area contributed by atoms with E-state index < -0.39 is 0 Å². The monoisotopic (exact) mass is 237 g/mol. The van der Waals surface area contributed by atoms with Crippen LogP contribution in [0.25, 0.3) is 11.0 Å². The largest absolute Gasteiger partial charge is 0.383 e. The smallest absolute Gasteiger partial charge is 0.162 e. The van der Waals surface area contributed by atoms with Crippen molar-refractivity contribution in [3.8, 4) is 0 Å². The maximum Gasteiger partial charge on any atom is 0.162 e. The molecule has 7 heteroatoms. The third-order valence-electron chi connectivity index (χ3n) is 2.45. The van der Waals surface area contributed by atoms with E-state index in [0.29, 0.717) is 16.7 Å². The zero-order valence-corrected chi connectivity index (χ0v) is 9.53. The number of hydrogen-bond acceptors (Lipinski definition) is 7. The molecule has 1 aromatic heterocycles. The van der Waals surface area contributed by atoms with Gasteiger partial charge in [0.2, 0.25) is 0 Å². The predicted octanol–water partition coefficient (Wildman–Crippen LogP) is 1.05. The van der Waals surface area contributed by atoms with Crippen LogP contribution < -0.4 is 16.1 Å². The van der Waals surface area contributed by atoms with Crippen molar-refractivity contribution in [3.63, 3.8) is 0 Å². The van der Waals surface area contributed by atoms with Gasteiger partial charge in [-0.15, -0.1) is 0 Å². The molecule has 7 nitrogen and oxygen atoms in total. The van der Waals surface area contributed by atoms with Crippen LogP contribution in [0.15, 0.2) is 16.8 Å². The lowest BCUT2D eigenvalue weighted by Gasteiger charge is -2.07. The minimum atomic E-state index is 0.474. The fourth-order valence-corrected chi connectivity index (χ4v) is 1.59. The molecule has 1 heterocycles. The van der Waals surface area contributed by atoms with Crippen molar-refractivity contribution in [2.75, 3.05) is 30.9 Å². The molecule has 0 saturated carbocycles. The molecule has 92 valence electrons. The zero-order valence-electron chi connectivity index (χ0n) is 9.53. The molecule has 1 aromatic carbocycles. The third kappa shape index (κ3) is 2.45. The summed E-state index contributed by atoms with van der Waals surface area (Å²) in [4.78, 5) is 0. The van der Waals surface area contributed by atoms with Crippen molar-refractivity contribution >= 4 is 22.4 Å². The first kappa shape index (κ1) is 11.6. The highest BCUT2D eigenvalue weighted by Gasteiger charge is 2.10. The van der Waals surface area contributed by atoms with Crippen LogP contribution in [0.1, 0.15) is 6.42 Å². The molecular weight excluding hydrogens is 222 g/mol. The Morgan fingerprint density at radius 3 is 2.59 bits per heavy atom. The molecule has 0 bridgehead atoms. The summed E-state index contributed by atoms with van der Waals surface area (Å²) < 4.78 is 4.67. The number of nitrogens with zero attached hydrogens (tertiary/aromatic N) is 2. The van der Waals surface area contributed by atoms with Crippen LogP contribution in [-0.2, 0) is 0 Å². The number of aromatic nitrogens is 2. The molecule has 0 saturated heterocycles. The summed E-state index contributed by atoms with van der Waals surface area (Å²) in [6.07, 6.45) is 1.00. The van der Waals surface area contributed by atoms with Gasteiger partial charge >= 0.3 is 0 Å². The van der Waals surface area contributed by atoms with Crippen LogP contribution in [0, 0.1) is 0 Å². The van der Waals surface area contributed by atoms with E-state index >= 15 is 0 Å². The van der Waals surface area contributed by atoms with E-state index in [0.717, 1.165) is 25.2 Å². The maximum atomic E-state index is 8.90. The Bertz CT molecular complexity index is 485. The van der Waals surface area contributed by atoms with E-state index in [1.54, 1.807) is 6.07 Å². The summed E-state index contributed by atoms with van der Waals surface area (Å²) in [5.74, 6) is 0. The number of rotatable bonds is 6. The van der Waals surface area contributed by atoms with Crippen molar-refractivity contribution in [1.82, 2.24) is 15.6 Å². The van der Waals surface area contributed by atoms with Crippen LogP contribution in [-0.4, -0.2) is 35.7 Å². The molecule has 0 aliphatic rings. The highest BCUT2D eigenvalue weighted by atomic mass is 16.6. The standard InChI is InChI=1S/C10H15N5O2/c1-11-5-2-6-12-7-3-4-8(13-16)10-9(7)14-17-15-10/h3-4,11-13,16H,2,5-6H2,1H3. The summed E-state index contributed by atoms with van der Waals surface area (Å²) in [6, 6.07) is 3.54. The van der Waals surface area contributed by atoms with Gasteiger partial charge in [-0.2, -0.15) is 0 Å². The highest BCUT2D eigenvalue weighted by Crippen LogP contribution is 2.26. The Morgan fingerprint density at radius 1 is 1.18 bits per heavy atom. The number of benzene rings is 1. The van der Waals surface area contributed by atoms with Gasteiger partial charge < -0.3 is 10.6 Å². The Kier molecular flexibility index (Phi) is 3.73. The van der Waals surface area contributed by atoms with E-state index in [9.17, 15) is 0 Å². The second-order valence-corrected chi connectivity index (χ2v) is 3.62. The van der Waals surface area contributed by atoms with Crippen LogP contribution in [0.5, 0.6) is 0 Å². The first-order valence-electron chi connectivity index (χ1n) is 5.40. The molecule has 0 spiro atoms. The van der Waals surface area contributed by atoms with E-state index in [1.165, 1.54) is 0 Å². The van der Waals surface area contributed by atoms with Gasteiger partial charge in [0.05, 0.1) is 11.4 Å². The maximum absolute atomic E-state index is 8.90. The van der Waals surface area contributed by atoms with E-state index in [2.05, 4.69) is 31.1 Å². The van der Waals surface area contributed by atoms with E-state index in [-0.39, 0.29) is 0 Å². The normalized spacial score (nSPS) is 10.7. The molecule has 0 aliphatic carbocycles. The second-order valence-electron chi connectivity index (χ2n) is 3.62. The SMILES string of the molecule is CNCCCNc1ccc(NO)c2nonc12. The number of anilines is 2. The van der Waals surface area contributed by atoms with E-state index in [1.807, 2.05) is 13.1 Å². The van der Waals surface area contributed by atoms with E-state index in [4.69, 9.17) is 5.21 Å². The topological polar surface area (TPSA) is 95.2 Å². The summed E-state index contributed by atoms with van der Waals surface area (Å²) in [5, 5.41) is 22.8. The molecule has 0 fully saturated rings. The molecule has 2 rings (SSSR count). The summed E-state index contributed by atoms with van der Waals surface area (Å²) in [5.41, 5.74) is 4.49. The summed E-state index contributed by atoms with van der Waals surface area (Å²) >= 11 is 0. The molecular formula is C10H15N5O2. The average Bonchev–Trinajstić information content (AvgIpc) is 2.84. The van der Waals surface area contributed by atoms with Crippen LogP contribution in [0.2, 0.25) is 0 Å². The van der Waals surface area contributed by atoms with Crippen molar-refractivity contribution in [1.29, 1.82) is 0 Å². The fourth-order valence-electron chi connectivity index (χ4n) is 1.59. The first-order chi connectivity index (χ1) is 8.36. The number of nitrogens with one attached hydrogen (secondary N) is 3. The zero-order chi connectivity index (χ0) is 12.1. The Hall–Kier alpha value is -1.86. The van der Waals surface area contributed by atoms with Crippen LogP contribution in [0.3, 0.4) is 0 Å². The minimum absolute atomic E-state index is 0.474. The lowest BCUT2D eigenvalue weighted by Crippen LogP contribution is -2.13. The second kappa shape index (κ2) is 5.46. The fraction of sp³-hybridized carbons (Fsp3) is 0.400. The molecule has 0 atom stereocenters. The molecule has 0 unspecified atom stereocenters. The lowest BCUT2D eigenvalue weighted by molar-refractivity contribution is 0.315. The van der Waals surface area contributed by atoms with Crippen molar-refractivity contribution in [3.05, 3.63) is 12.1 Å². The highest BCUT2D eigenvalue weighted by molar-refractivity contribution is 5.95. The molecule has 0 radical (unpaired) electrons. The van der Waals surface area contributed by atoms with Gasteiger partial charge in [0, 0.05) is 6.54 Å². The molecule has 17 heavy (non-hydrogen) atoms. The number of fused-ring (bicyclic) bond motifs is 1. The Labute approximate surface area is 98.1 Å². The van der Waals surface area contributed by atoms with Gasteiger partial charge in [0.25, 0.3) is 0 Å². The quantitative estimate of drug-likeness (QED) is 0.440. The lowest BCUT2D eigenvalue weighted by atomic mass is 10.2. The molecule has 2 aromatic rings. The van der Waals surface area contributed by atoms with Gasteiger partial charge in [-0.25, -0.2) is 4.63 Å². The van der Waals surface area contributed by atoms with Gasteiger partial charge in [-0.1, -0.05) is 0 Å². The van der Waals surface area contributed by atoms with Gasteiger partial charge in [-0.3, -0.25) is 10.7 Å². The van der Waals surface area contributed by atoms with Gasteiger partial charge in [-0.05, 0) is 42.5 Å². The van der Waals surface area contributed by atoms with Gasteiger partial charge in [0.15, 0.2) is 11.0 Å². The minimum Gasteiger partial charge on any atom is -0.383 e. The van der Waals surface area contributed by atoms with Crippen molar-refractivity contribution in [2.24, 2.45) is 0 Å². The van der Waals surface area contributed by atoms with Crippen LogP contribution >= 0.6 is 0 Å². The molecule has 4 N–H and O–H groups in total. The average molecular weight is 237 g/mol. The van der Waals surface area contributed by atoms with Crippen molar-refractivity contribution in [2.45, 2.75) is 6.42 Å². The Morgan fingerprint density at radius 2 is 1.88 bits per heavy atom. The summed E-state index contributed by atoms with van der Waals surface area (Å²) in [7, 11) is 1.92. The van der Waals surface area contributed by atoms with Gasteiger partial charge in [0.1, 0.15) is 0 Å².